The minimum absolute atomic E-state index is 0.0801. The zero-order valence-corrected chi connectivity index (χ0v) is 18.7. The van der Waals surface area contributed by atoms with Gasteiger partial charge in [-0.15, -0.1) is 0 Å². The van der Waals surface area contributed by atoms with Crippen LogP contribution in [0.4, 0.5) is 18.9 Å². The number of benzene rings is 2. The van der Waals surface area contributed by atoms with Gasteiger partial charge in [0.1, 0.15) is 18.1 Å². The molecule has 4 rings (SSSR count). The van der Waals surface area contributed by atoms with Crippen molar-refractivity contribution in [3.8, 4) is 5.75 Å². The average Bonchev–Trinajstić information content (AvgIpc) is 3.44. The minimum atomic E-state index is -4.42. The molecule has 2 aromatic carbocycles. The van der Waals surface area contributed by atoms with Gasteiger partial charge in [0.05, 0.1) is 24.0 Å². The Bertz CT molecular complexity index is 1310. The van der Waals surface area contributed by atoms with E-state index in [1.807, 2.05) is 6.92 Å². The molecule has 10 heteroatoms. The number of carbonyl (C=O) groups is 1. The van der Waals surface area contributed by atoms with Crippen LogP contribution in [0.15, 0.2) is 71.4 Å². The van der Waals surface area contributed by atoms with E-state index < -0.39 is 17.6 Å². The van der Waals surface area contributed by atoms with Crippen LogP contribution in [0.25, 0.3) is 0 Å². The third kappa shape index (κ3) is 5.79. The lowest BCUT2D eigenvalue weighted by molar-refractivity contribution is -0.137. The van der Waals surface area contributed by atoms with Crippen LogP contribution in [-0.2, 0) is 19.3 Å². The zero-order valence-electron chi connectivity index (χ0n) is 17.9. The standard InChI is InChI=1S/C24H19ClF3N3O3/c1-15-9-19(5-7-21(15)25)33-14-20-6-8-22(34-20)23(32)30-18-11-29-31(13-18)12-16-3-2-4-17(10-16)24(26,27)28/h2-11,13H,12,14H2,1H3,(H,30,32). The van der Waals surface area contributed by atoms with Crippen molar-refractivity contribution in [2.45, 2.75) is 26.3 Å². The number of aromatic nitrogens is 2. The van der Waals surface area contributed by atoms with Crippen molar-refractivity contribution in [1.29, 1.82) is 0 Å². The minimum Gasteiger partial charge on any atom is -0.486 e. The number of rotatable bonds is 7. The van der Waals surface area contributed by atoms with Crippen LogP contribution in [-0.4, -0.2) is 15.7 Å². The van der Waals surface area contributed by atoms with Gasteiger partial charge >= 0.3 is 6.18 Å². The largest absolute Gasteiger partial charge is 0.486 e. The summed E-state index contributed by atoms with van der Waals surface area (Å²) in [6, 6.07) is 13.4. The van der Waals surface area contributed by atoms with E-state index >= 15 is 0 Å². The fourth-order valence-corrected chi connectivity index (χ4v) is 3.30. The van der Waals surface area contributed by atoms with E-state index in [-0.39, 0.29) is 18.9 Å². The second-order valence-electron chi connectivity index (χ2n) is 7.54. The quantitative estimate of drug-likeness (QED) is 0.329. The van der Waals surface area contributed by atoms with Crippen molar-refractivity contribution in [1.82, 2.24) is 9.78 Å². The summed E-state index contributed by atoms with van der Waals surface area (Å²) >= 11 is 6.00. The highest BCUT2D eigenvalue weighted by atomic mass is 35.5. The predicted molar refractivity (Wildman–Crippen MR) is 120 cm³/mol. The summed E-state index contributed by atoms with van der Waals surface area (Å²) in [7, 11) is 0. The molecule has 6 nitrogen and oxygen atoms in total. The maximum absolute atomic E-state index is 12.9. The normalized spacial score (nSPS) is 11.4. The van der Waals surface area contributed by atoms with Crippen molar-refractivity contribution in [2.75, 3.05) is 5.32 Å². The van der Waals surface area contributed by atoms with Crippen molar-refractivity contribution >= 4 is 23.2 Å². The third-order valence-corrected chi connectivity index (χ3v) is 5.31. The number of hydrogen-bond acceptors (Lipinski definition) is 4. The first-order valence-electron chi connectivity index (χ1n) is 10.1. The molecule has 0 fully saturated rings. The first-order valence-corrected chi connectivity index (χ1v) is 10.5. The van der Waals surface area contributed by atoms with Gasteiger partial charge in [-0.2, -0.15) is 18.3 Å². The number of alkyl halides is 3. The van der Waals surface area contributed by atoms with Crippen LogP contribution in [0.2, 0.25) is 5.02 Å². The molecule has 0 aliphatic heterocycles. The van der Waals surface area contributed by atoms with Crippen LogP contribution in [0.1, 0.15) is 33.0 Å². The molecule has 2 aromatic heterocycles. The molecule has 0 aliphatic carbocycles. The van der Waals surface area contributed by atoms with Gasteiger partial charge in [-0.05, 0) is 60.5 Å². The number of aryl methyl sites for hydroxylation is 1. The summed E-state index contributed by atoms with van der Waals surface area (Å²) in [5, 5.41) is 7.38. The second kappa shape index (κ2) is 9.64. The Morgan fingerprint density at radius 1 is 1.18 bits per heavy atom. The highest BCUT2D eigenvalue weighted by Crippen LogP contribution is 2.29. The molecule has 4 aromatic rings. The molecular formula is C24H19ClF3N3O3. The molecule has 2 heterocycles. The third-order valence-electron chi connectivity index (χ3n) is 4.89. The fourth-order valence-electron chi connectivity index (χ4n) is 3.18. The summed E-state index contributed by atoms with van der Waals surface area (Å²) in [4.78, 5) is 12.5. The molecular weight excluding hydrogens is 471 g/mol. The molecule has 0 spiro atoms. The monoisotopic (exact) mass is 489 g/mol. The van der Waals surface area contributed by atoms with Gasteiger partial charge in [-0.3, -0.25) is 9.48 Å². The number of amides is 1. The van der Waals surface area contributed by atoms with E-state index in [2.05, 4.69) is 10.4 Å². The van der Waals surface area contributed by atoms with E-state index in [9.17, 15) is 18.0 Å². The van der Waals surface area contributed by atoms with E-state index in [1.165, 1.54) is 29.2 Å². The number of carbonyl (C=O) groups excluding carboxylic acids is 1. The van der Waals surface area contributed by atoms with Gasteiger partial charge in [0.25, 0.3) is 5.91 Å². The Kier molecular flexibility index (Phi) is 6.65. The molecule has 0 unspecified atom stereocenters. The van der Waals surface area contributed by atoms with Gasteiger partial charge in [0.15, 0.2) is 5.76 Å². The number of furan rings is 1. The highest BCUT2D eigenvalue weighted by Gasteiger charge is 2.30. The topological polar surface area (TPSA) is 69.3 Å². The molecule has 176 valence electrons. The van der Waals surface area contributed by atoms with Crippen LogP contribution >= 0.6 is 11.6 Å². The maximum atomic E-state index is 12.9. The summed E-state index contributed by atoms with van der Waals surface area (Å²) in [6.07, 6.45) is -1.49. The van der Waals surface area contributed by atoms with Crippen LogP contribution in [0, 0.1) is 6.92 Å². The van der Waals surface area contributed by atoms with Crippen molar-refractivity contribution in [3.63, 3.8) is 0 Å². The van der Waals surface area contributed by atoms with Crippen molar-refractivity contribution in [2.24, 2.45) is 0 Å². The van der Waals surface area contributed by atoms with Crippen molar-refractivity contribution in [3.05, 3.63) is 100 Å². The van der Waals surface area contributed by atoms with E-state index in [0.717, 1.165) is 17.7 Å². The van der Waals surface area contributed by atoms with Crippen LogP contribution < -0.4 is 10.1 Å². The summed E-state index contributed by atoms with van der Waals surface area (Å²) in [6.45, 7) is 2.11. The molecule has 34 heavy (non-hydrogen) atoms. The second-order valence-corrected chi connectivity index (χ2v) is 7.95. The number of nitrogens with zero attached hydrogens (tertiary/aromatic N) is 2. The molecule has 0 radical (unpaired) electrons. The lowest BCUT2D eigenvalue weighted by atomic mass is 10.1. The van der Waals surface area contributed by atoms with Gasteiger partial charge in [-0.1, -0.05) is 23.7 Å². The molecule has 0 saturated heterocycles. The summed E-state index contributed by atoms with van der Waals surface area (Å²) in [5.41, 5.74) is 0.965. The smallest absolute Gasteiger partial charge is 0.416 e. The molecule has 0 bridgehead atoms. The average molecular weight is 490 g/mol. The van der Waals surface area contributed by atoms with E-state index in [1.54, 1.807) is 30.3 Å². The Hall–Kier alpha value is -3.72. The van der Waals surface area contributed by atoms with Gasteiger partial charge in [0.2, 0.25) is 0 Å². The number of halogens is 4. The molecule has 1 amide bonds. The Balaban J connectivity index is 1.34. The zero-order chi connectivity index (χ0) is 24.3. The van der Waals surface area contributed by atoms with Gasteiger partial charge < -0.3 is 14.5 Å². The van der Waals surface area contributed by atoms with Crippen LogP contribution in [0.5, 0.6) is 5.75 Å². The van der Waals surface area contributed by atoms with E-state index in [4.69, 9.17) is 20.8 Å². The molecule has 0 aliphatic rings. The summed E-state index contributed by atoms with van der Waals surface area (Å²) < 4.78 is 51.3. The number of hydrogen-bond donors (Lipinski definition) is 1. The first kappa shape index (κ1) is 23.4. The van der Waals surface area contributed by atoms with Gasteiger partial charge in [-0.25, -0.2) is 0 Å². The summed E-state index contributed by atoms with van der Waals surface area (Å²) in [5.74, 6) is 0.666. The molecule has 1 N–H and O–H groups in total. The number of ether oxygens (including phenoxy) is 1. The maximum Gasteiger partial charge on any atom is 0.416 e. The van der Waals surface area contributed by atoms with Crippen molar-refractivity contribution < 1.29 is 27.1 Å². The van der Waals surface area contributed by atoms with Crippen LogP contribution in [0.3, 0.4) is 0 Å². The Morgan fingerprint density at radius 3 is 2.76 bits per heavy atom. The first-order chi connectivity index (χ1) is 16.2. The predicted octanol–water partition coefficient (Wildman–Crippen LogP) is 6.34. The Morgan fingerprint density at radius 2 is 2.00 bits per heavy atom. The number of anilines is 1. The highest BCUT2D eigenvalue weighted by molar-refractivity contribution is 6.31. The Labute approximate surface area is 197 Å². The molecule has 0 saturated carbocycles. The number of nitrogens with one attached hydrogen (secondary N) is 1. The lowest BCUT2D eigenvalue weighted by Crippen LogP contribution is -2.10. The van der Waals surface area contributed by atoms with Gasteiger partial charge in [0, 0.05) is 11.2 Å². The fraction of sp³-hybridized carbons (Fsp3) is 0.167. The SMILES string of the molecule is Cc1cc(OCc2ccc(C(=O)Nc3cnn(Cc4cccc(C(F)(F)F)c4)c3)o2)ccc1Cl. The molecule has 0 atom stereocenters. The van der Waals surface area contributed by atoms with E-state index in [0.29, 0.717) is 27.8 Å². The lowest BCUT2D eigenvalue weighted by Gasteiger charge is -2.08.